The Hall–Kier alpha value is -0.770. The molecule has 0 bridgehead atoms. The molecule has 1 saturated carbocycles. The Morgan fingerprint density at radius 1 is 1.37 bits per heavy atom. The highest BCUT2D eigenvalue weighted by atomic mass is 35.5. The molecule has 0 saturated heterocycles. The second-order valence-corrected chi connectivity index (χ2v) is 5.48. The maximum atomic E-state index is 6.47. The first-order chi connectivity index (χ1) is 9.13. The summed E-state index contributed by atoms with van der Waals surface area (Å²) >= 11 is 6.06. The van der Waals surface area contributed by atoms with Crippen molar-refractivity contribution < 1.29 is 9.47 Å². The zero-order valence-electron chi connectivity index (χ0n) is 11.6. The van der Waals surface area contributed by atoms with Crippen LogP contribution >= 0.6 is 11.6 Å². The molecule has 1 aliphatic carbocycles. The molecule has 0 radical (unpaired) electrons. The van der Waals surface area contributed by atoms with Gasteiger partial charge in [0.2, 0.25) is 0 Å². The summed E-state index contributed by atoms with van der Waals surface area (Å²) in [4.78, 5) is 0. The lowest BCUT2D eigenvalue weighted by molar-refractivity contribution is -0.0536. The van der Waals surface area contributed by atoms with E-state index in [4.69, 9.17) is 26.8 Å². The van der Waals surface area contributed by atoms with Crippen molar-refractivity contribution >= 4 is 11.6 Å². The zero-order valence-corrected chi connectivity index (χ0v) is 12.4. The van der Waals surface area contributed by atoms with Gasteiger partial charge >= 0.3 is 0 Å². The van der Waals surface area contributed by atoms with Gasteiger partial charge in [-0.15, -0.1) is 0 Å². The second kappa shape index (κ2) is 6.12. The maximum absolute atomic E-state index is 6.47. The van der Waals surface area contributed by atoms with Gasteiger partial charge in [0.1, 0.15) is 5.75 Å². The Morgan fingerprint density at radius 2 is 2.05 bits per heavy atom. The van der Waals surface area contributed by atoms with E-state index in [1.165, 1.54) is 12.8 Å². The van der Waals surface area contributed by atoms with Gasteiger partial charge < -0.3 is 15.2 Å². The molecule has 2 rings (SSSR count). The molecule has 1 fully saturated rings. The Labute approximate surface area is 120 Å². The van der Waals surface area contributed by atoms with Crippen molar-refractivity contribution in [1.82, 2.24) is 0 Å². The first-order valence-electron chi connectivity index (χ1n) is 6.86. The number of nitrogens with two attached hydrogens (primary N) is 1. The van der Waals surface area contributed by atoms with Crippen LogP contribution in [-0.4, -0.2) is 19.3 Å². The number of rotatable bonds is 5. The van der Waals surface area contributed by atoms with E-state index in [0.29, 0.717) is 17.4 Å². The smallest absolute Gasteiger partial charge is 0.137 e. The molecule has 0 amide bonds. The van der Waals surface area contributed by atoms with Crippen LogP contribution in [0.25, 0.3) is 0 Å². The van der Waals surface area contributed by atoms with Crippen LogP contribution in [0, 0.1) is 0 Å². The fourth-order valence-electron chi connectivity index (χ4n) is 2.98. The summed E-state index contributed by atoms with van der Waals surface area (Å²) in [5, 5.41) is 0.607. The van der Waals surface area contributed by atoms with Crippen molar-refractivity contribution in [2.24, 2.45) is 5.73 Å². The van der Waals surface area contributed by atoms with Gasteiger partial charge in [0.15, 0.2) is 0 Å². The average molecular weight is 284 g/mol. The number of hydrogen-bond donors (Lipinski definition) is 1. The molecule has 1 aromatic carbocycles. The largest absolute Gasteiger partial charge is 0.495 e. The minimum Gasteiger partial charge on any atom is -0.495 e. The molecular formula is C15H22ClNO2. The molecule has 1 atom stereocenters. The summed E-state index contributed by atoms with van der Waals surface area (Å²) in [5.74, 6) is 0.666. The van der Waals surface area contributed by atoms with E-state index in [2.05, 4.69) is 0 Å². The summed E-state index contributed by atoms with van der Waals surface area (Å²) in [6, 6.07) is 5.59. The summed E-state index contributed by atoms with van der Waals surface area (Å²) in [6.45, 7) is 2.72. The highest BCUT2D eigenvalue weighted by Gasteiger charge is 2.41. The summed E-state index contributed by atoms with van der Waals surface area (Å²) < 4.78 is 11.3. The van der Waals surface area contributed by atoms with Crippen LogP contribution < -0.4 is 10.5 Å². The van der Waals surface area contributed by atoms with Gasteiger partial charge in [-0.1, -0.05) is 30.5 Å². The molecule has 4 heteroatoms. The average Bonchev–Trinajstić information content (AvgIpc) is 2.89. The van der Waals surface area contributed by atoms with Crippen LogP contribution in [0.1, 0.15) is 44.2 Å². The molecule has 0 heterocycles. The Morgan fingerprint density at radius 3 is 2.63 bits per heavy atom. The van der Waals surface area contributed by atoms with Crippen LogP contribution in [0.5, 0.6) is 5.75 Å². The monoisotopic (exact) mass is 283 g/mol. The molecule has 1 aliphatic rings. The van der Waals surface area contributed by atoms with Crippen molar-refractivity contribution in [2.75, 3.05) is 13.7 Å². The first-order valence-corrected chi connectivity index (χ1v) is 7.24. The van der Waals surface area contributed by atoms with E-state index in [-0.39, 0.29) is 11.6 Å². The van der Waals surface area contributed by atoms with Crippen molar-refractivity contribution in [3.8, 4) is 5.75 Å². The summed E-state index contributed by atoms with van der Waals surface area (Å²) in [5.41, 5.74) is 7.27. The third-order valence-electron chi connectivity index (χ3n) is 3.98. The van der Waals surface area contributed by atoms with Gasteiger partial charge in [-0.3, -0.25) is 0 Å². The number of ether oxygens (including phenoxy) is 2. The Kier molecular flexibility index (Phi) is 4.71. The lowest BCUT2D eigenvalue weighted by atomic mass is 9.87. The van der Waals surface area contributed by atoms with Crippen LogP contribution in [0.3, 0.4) is 0 Å². The fraction of sp³-hybridized carbons (Fsp3) is 0.600. The molecule has 3 nitrogen and oxygen atoms in total. The van der Waals surface area contributed by atoms with Crippen molar-refractivity contribution in [3.63, 3.8) is 0 Å². The molecule has 2 N–H and O–H groups in total. The molecule has 0 spiro atoms. The quantitative estimate of drug-likeness (QED) is 0.896. The highest BCUT2D eigenvalue weighted by molar-refractivity contribution is 6.32. The van der Waals surface area contributed by atoms with Gasteiger partial charge in [-0.05, 0) is 37.5 Å². The van der Waals surface area contributed by atoms with Crippen LogP contribution in [-0.2, 0) is 4.74 Å². The third kappa shape index (κ3) is 2.88. The second-order valence-electron chi connectivity index (χ2n) is 5.08. The number of hydrogen-bond acceptors (Lipinski definition) is 3. The zero-order chi connectivity index (χ0) is 13.9. The number of methoxy groups -OCH3 is 1. The van der Waals surface area contributed by atoms with Gasteiger partial charge in [0.05, 0.1) is 23.8 Å². The molecule has 0 aromatic heterocycles. The van der Waals surface area contributed by atoms with Crippen molar-refractivity contribution in [2.45, 2.75) is 44.2 Å². The van der Waals surface area contributed by atoms with E-state index in [0.717, 1.165) is 18.4 Å². The van der Waals surface area contributed by atoms with Crippen LogP contribution in [0.4, 0.5) is 0 Å². The van der Waals surface area contributed by atoms with E-state index < -0.39 is 0 Å². The van der Waals surface area contributed by atoms with E-state index in [1.807, 2.05) is 25.1 Å². The minimum atomic E-state index is -0.229. The van der Waals surface area contributed by atoms with Crippen molar-refractivity contribution in [3.05, 3.63) is 28.8 Å². The van der Waals surface area contributed by atoms with Gasteiger partial charge in [0, 0.05) is 6.61 Å². The van der Waals surface area contributed by atoms with Gasteiger partial charge in [-0.25, -0.2) is 0 Å². The molecule has 19 heavy (non-hydrogen) atoms. The Bertz CT molecular complexity index is 430. The van der Waals surface area contributed by atoms with Crippen molar-refractivity contribution in [1.29, 1.82) is 0 Å². The first kappa shape index (κ1) is 14.6. The molecule has 1 aromatic rings. The Balaban J connectivity index is 2.28. The van der Waals surface area contributed by atoms with E-state index >= 15 is 0 Å². The predicted octanol–water partition coefficient (Wildman–Crippen LogP) is 3.70. The molecule has 106 valence electrons. The molecule has 1 unspecified atom stereocenters. The SMILES string of the molecule is CCOC1(C(N)c2ccc(Cl)c(OC)c2)CCCC1. The van der Waals surface area contributed by atoms with Crippen LogP contribution in [0.15, 0.2) is 18.2 Å². The number of benzene rings is 1. The predicted molar refractivity (Wildman–Crippen MR) is 77.8 cm³/mol. The lowest BCUT2D eigenvalue weighted by Gasteiger charge is -2.35. The third-order valence-corrected chi connectivity index (χ3v) is 4.30. The molecular weight excluding hydrogens is 262 g/mol. The van der Waals surface area contributed by atoms with Gasteiger partial charge in [-0.2, -0.15) is 0 Å². The van der Waals surface area contributed by atoms with Gasteiger partial charge in [0.25, 0.3) is 0 Å². The minimum absolute atomic E-state index is 0.138. The fourth-order valence-corrected chi connectivity index (χ4v) is 3.17. The van der Waals surface area contributed by atoms with Crippen LogP contribution in [0.2, 0.25) is 5.02 Å². The maximum Gasteiger partial charge on any atom is 0.137 e. The summed E-state index contributed by atoms with van der Waals surface area (Å²) in [6.07, 6.45) is 4.40. The van der Waals surface area contributed by atoms with E-state index in [1.54, 1.807) is 7.11 Å². The standard InChI is InChI=1S/C15H22ClNO2/c1-3-19-15(8-4-5-9-15)14(17)11-6-7-12(16)13(10-11)18-2/h6-7,10,14H,3-5,8-9,17H2,1-2H3. The normalized spacial score (nSPS) is 19.4. The number of halogens is 1. The molecule has 0 aliphatic heterocycles. The lowest BCUT2D eigenvalue weighted by Crippen LogP contribution is -2.41. The van der Waals surface area contributed by atoms with E-state index in [9.17, 15) is 0 Å². The highest BCUT2D eigenvalue weighted by Crippen LogP contribution is 2.42. The summed E-state index contributed by atoms with van der Waals surface area (Å²) in [7, 11) is 1.62. The topological polar surface area (TPSA) is 44.5 Å².